The van der Waals surface area contributed by atoms with Crippen LogP contribution in [0, 0.1) is 41.4 Å². The zero-order chi connectivity index (χ0) is 42.3. The second-order valence-corrected chi connectivity index (χ2v) is 36.3. The third-order valence-corrected chi connectivity index (χ3v) is 29.3. The third kappa shape index (κ3) is 9.73. The van der Waals surface area contributed by atoms with E-state index in [1.54, 1.807) is 0 Å². The standard InChI is InChI=1S/C47H82O6Si3/c1-33(2)41(31-52-55(15,16)45(7,8)9)40-29-47(50,32-48)43(49)42-38(34(3)30-51-54(13,14)44(4,5)6)27-35(28-39(40)42)53-56(46(10,11)12,36-23-19-17-20-24-36)37-25-21-18-22-26-37/h17-26,33-35,38-43,48-50H,27-32H2,1-16H3/t34-,35-,38+,39-,40-,41-,42-,43+,47-/m1/s1. The van der Waals surface area contributed by atoms with Crippen LogP contribution in [-0.2, 0) is 13.3 Å². The lowest BCUT2D eigenvalue weighted by Crippen LogP contribution is -2.69. The summed E-state index contributed by atoms with van der Waals surface area (Å²) in [6.07, 6.45) is 0.743. The minimum atomic E-state index is -2.91. The Labute approximate surface area is 345 Å². The zero-order valence-electron chi connectivity index (χ0n) is 38.3. The lowest BCUT2D eigenvalue weighted by atomic mass is 9.51. The van der Waals surface area contributed by atoms with Gasteiger partial charge in [0.1, 0.15) is 5.60 Å². The minimum Gasteiger partial charge on any atom is -0.417 e. The van der Waals surface area contributed by atoms with Gasteiger partial charge in [0.2, 0.25) is 0 Å². The molecule has 9 heteroatoms. The van der Waals surface area contributed by atoms with E-state index in [1.165, 1.54) is 10.4 Å². The molecule has 318 valence electrons. The first-order valence-corrected chi connectivity index (χ1v) is 29.4. The fourth-order valence-corrected chi connectivity index (χ4v) is 16.5. The summed E-state index contributed by atoms with van der Waals surface area (Å²) in [5.74, 6) is 0.368. The van der Waals surface area contributed by atoms with E-state index in [1.807, 2.05) is 0 Å². The van der Waals surface area contributed by atoms with Crippen molar-refractivity contribution in [2.45, 2.75) is 161 Å². The number of fused-ring (bicyclic) bond motifs is 1. The smallest absolute Gasteiger partial charge is 0.261 e. The van der Waals surface area contributed by atoms with E-state index in [-0.39, 0.29) is 62.6 Å². The maximum Gasteiger partial charge on any atom is 0.261 e. The van der Waals surface area contributed by atoms with Crippen LogP contribution < -0.4 is 10.4 Å². The van der Waals surface area contributed by atoms with E-state index < -0.39 is 43.3 Å². The molecule has 3 N–H and O–H groups in total. The minimum absolute atomic E-state index is 0.00623. The molecule has 2 saturated carbocycles. The van der Waals surface area contributed by atoms with Crippen LogP contribution in [0.25, 0.3) is 0 Å². The van der Waals surface area contributed by atoms with E-state index in [0.717, 1.165) is 12.8 Å². The molecule has 0 unspecified atom stereocenters. The Kier molecular flexibility index (Phi) is 14.8. The summed E-state index contributed by atoms with van der Waals surface area (Å²) in [4.78, 5) is 0. The lowest BCUT2D eigenvalue weighted by molar-refractivity contribution is -0.218. The Balaban J connectivity index is 1.90. The molecule has 0 saturated heterocycles. The molecule has 0 aromatic heterocycles. The van der Waals surface area contributed by atoms with Crippen LogP contribution in [0.5, 0.6) is 0 Å². The first kappa shape index (κ1) is 47.5. The van der Waals surface area contributed by atoms with Gasteiger partial charge in [0.15, 0.2) is 16.6 Å². The van der Waals surface area contributed by atoms with Crippen molar-refractivity contribution in [2.75, 3.05) is 19.8 Å². The SMILES string of the molecule is CC(C)[C@@H](CO[Si](C)(C)C(C)(C)C)[C@@H]1C[C@@](O)(CO)[C@@H](O)[C@H]2[C@@H]1C[C@H](O[Si](c1ccccc1)(c1ccccc1)C(C)(C)C)C[C@H]2[C@H](C)CO[Si](C)(C)C(C)(C)C. The number of benzene rings is 2. The molecule has 0 amide bonds. The molecule has 9 atom stereocenters. The quantitative estimate of drug-likeness (QED) is 0.165. The summed E-state index contributed by atoms with van der Waals surface area (Å²) in [7, 11) is -7.07. The average Bonchev–Trinajstić information content (AvgIpc) is 3.10. The molecule has 2 aromatic rings. The highest BCUT2D eigenvalue weighted by Gasteiger charge is 2.60. The Bertz CT molecular complexity index is 1490. The van der Waals surface area contributed by atoms with Crippen LogP contribution in [-0.4, -0.2) is 77.9 Å². The predicted octanol–water partition coefficient (Wildman–Crippen LogP) is 9.63. The van der Waals surface area contributed by atoms with Gasteiger partial charge < -0.3 is 28.6 Å². The highest BCUT2D eigenvalue weighted by Crippen LogP contribution is 2.56. The summed E-state index contributed by atoms with van der Waals surface area (Å²) in [5, 5.41) is 38.1. The van der Waals surface area contributed by atoms with Gasteiger partial charge in [-0.25, -0.2) is 0 Å². The second-order valence-electron chi connectivity index (χ2n) is 22.4. The maximum absolute atomic E-state index is 12.4. The second kappa shape index (κ2) is 17.4. The van der Waals surface area contributed by atoms with Gasteiger partial charge in [0.05, 0.1) is 12.7 Å². The van der Waals surface area contributed by atoms with Gasteiger partial charge in [-0.15, -0.1) is 0 Å². The van der Waals surface area contributed by atoms with Crippen LogP contribution >= 0.6 is 0 Å². The average molecular weight is 827 g/mol. The molecule has 2 aliphatic rings. The molecular formula is C47H82O6Si3. The van der Waals surface area contributed by atoms with E-state index in [2.05, 4.69) is 170 Å². The van der Waals surface area contributed by atoms with Gasteiger partial charge in [-0.3, -0.25) is 0 Å². The van der Waals surface area contributed by atoms with Gasteiger partial charge in [-0.2, -0.15) is 0 Å². The van der Waals surface area contributed by atoms with Crippen molar-refractivity contribution < 1.29 is 28.6 Å². The molecule has 2 aromatic carbocycles. The maximum atomic E-state index is 12.4. The number of aliphatic hydroxyl groups is 3. The molecule has 6 nitrogen and oxygen atoms in total. The molecule has 2 aliphatic carbocycles. The Hall–Kier alpha value is -1.15. The highest BCUT2D eigenvalue weighted by molar-refractivity contribution is 6.99. The van der Waals surface area contributed by atoms with Crippen LogP contribution in [0.2, 0.25) is 41.3 Å². The molecule has 2 fully saturated rings. The predicted molar refractivity (Wildman–Crippen MR) is 242 cm³/mol. The molecule has 56 heavy (non-hydrogen) atoms. The largest absolute Gasteiger partial charge is 0.417 e. The number of hydrogen-bond acceptors (Lipinski definition) is 6. The molecule has 0 spiro atoms. The van der Waals surface area contributed by atoms with Crippen LogP contribution in [0.1, 0.15) is 102 Å². The van der Waals surface area contributed by atoms with Crippen LogP contribution in [0.3, 0.4) is 0 Å². The van der Waals surface area contributed by atoms with E-state index in [9.17, 15) is 15.3 Å². The summed E-state index contributed by atoms with van der Waals surface area (Å²) >= 11 is 0. The normalized spacial score (nSPS) is 28.2. The van der Waals surface area contributed by atoms with Crippen molar-refractivity contribution in [3.63, 3.8) is 0 Å². The van der Waals surface area contributed by atoms with Crippen molar-refractivity contribution in [3.8, 4) is 0 Å². The summed E-state index contributed by atoms with van der Waals surface area (Å²) in [6, 6.07) is 21.8. The molecular weight excluding hydrogens is 745 g/mol. The molecule has 4 rings (SSSR count). The summed E-state index contributed by atoms with van der Waals surface area (Å²) in [5.41, 5.74) is -1.60. The monoisotopic (exact) mass is 827 g/mol. The Morgan fingerprint density at radius 1 is 0.696 bits per heavy atom. The van der Waals surface area contributed by atoms with E-state index >= 15 is 0 Å². The van der Waals surface area contributed by atoms with Crippen molar-refractivity contribution >= 4 is 35.3 Å². The Morgan fingerprint density at radius 3 is 1.57 bits per heavy atom. The number of aliphatic hydroxyl groups excluding tert-OH is 2. The molecule has 0 heterocycles. The molecule has 0 bridgehead atoms. The number of hydrogen-bond donors (Lipinski definition) is 3. The molecule has 0 aliphatic heterocycles. The van der Waals surface area contributed by atoms with Crippen molar-refractivity contribution in [1.29, 1.82) is 0 Å². The fraction of sp³-hybridized carbons (Fsp3) is 0.745. The Morgan fingerprint density at radius 2 is 1.16 bits per heavy atom. The van der Waals surface area contributed by atoms with Gasteiger partial charge in [-0.05, 0) is 112 Å². The number of rotatable bonds is 14. The van der Waals surface area contributed by atoms with Gasteiger partial charge in [0.25, 0.3) is 8.32 Å². The van der Waals surface area contributed by atoms with E-state index in [4.69, 9.17) is 13.3 Å². The third-order valence-electron chi connectivity index (χ3n) is 15.2. The van der Waals surface area contributed by atoms with Gasteiger partial charge in [-0.1, -0.05) is 144 Å². The van der Waals surface area contributed by atoms with Crippen LogP contribution in [0.4, 0.5) is 0 Å². The summed E-state index contributed by atoms with van der Waals surface area (Å²) in [6.45, 7) is 37.6. The van der Waals surface area contributed by atoms with Crippen molar-refractivity contribution in [3.05, 3.63) is 60.7 Å². The van der Waals surface area contributed by atoms with E-state index in [0.29, 0.717) is 19.6 Å². The van der Waals surface area contributed by atoms with Gasteiger partial charge >= 0.3 is 0 Å². The highest BCUT2D eigenvalue weighted by atomic mass is 28.4. The first-order chi connectivity index (χ1) is 25.6. The first-order valence-electron chi connectivity index (χ1n) is 21.7. The molecule has 0 radical (unpaired) electrons. The van der Waals surface area contributed by atoms with Crippen LogP contribution in [0.15, 0.2) is 60.7 Å². The fourth-order valence-electron chi connectivity index (χ4n) is 9.59. The lowest BCUT2D eigenvalue weighted by Gasteiger charge is -2.59. The topological polar surface area (TPSA) is 88.4 Å². The zero-order valence-corrected chi connectivity index (χ0v) is 41.3. The van der Waals surface area contributed by atoms with Crippen molar-refractivity contribution in [1.82, 2.24) is 0 Å². The van der Waals surface area contributed by atoms with Gasteiger partial charge in [0, 0.05) is 19.3 Å². The van der Waals surface area contributed by atoms with Crippen molar-refractivity contribution in [2.24, 2.45) is 41.4 Å². The summed E-state index contributed by atoms with van der Waals surface area (Å²) < 4.78 is 22.0.